The van der Waals surface area contributed by atoms with E-state index in [0.717, 1.165) is 94.3 Å². The van der Waals surface area contributed by atoms with Crippen molar-refractivity contribution >= 4 is 39.4 Å². The molecule has 5 fully saturated rings. The summed E-state index contributed by atoms with van der Waals surface area (Å²) in [6, 6.07) is 12.5. The second-order valence-corrected chi connectivity index (χ2v) is 20.5. The van der Waals surface area contributed by atoms with Crippen LogP contribution in [0.25, 0.3) is 38.6 Å². The van der Waals surface area contributed by atoms with Crippen LogP contribution in [0.15, 0.2) is 67.4 Å². The maximum absolute atomic E-state index is 16.7. The number of carbonyl (C=O) groups excluding carboxylic acids is 1. The molecule has 3 aromatic carbocycles. The molecule has 4 aromatic heterocycles. The minimum absolute atomic E-state index is 0.00126. The molecule has 8 heterocycles. The molecular formula is C53H58FN9O6. The Morgan fingerprint density at radius 2 is 1.72 bits per heavy atom. The summed E-state index contributed by atoms with van der Waals surface area (Å²) < 4.78 is 52.3. The molecule has 69 heavy (non-hydrogen) atoms. The molecule has 12 rings (SSSR count). The molecular weight excluding hydrogens is 878 g/mol. The van der Waals surface area contributed by atoms with Crippen molar-refractivity contribution in [2.24, 2.45) is 0 Å². The molecule has 5 aliphatic rings. The van der Waals surface area contributed by atoms with E-state index in [-0.39, 0.29) is 54.9 Å². The van der Waals surface area contributed by atoms with Gasteiger partial charge in [-0.3, -0.25) is 4.98 Å². The molecule has 4 saturated heterocycles. The zero-order valence-corrected chi connectivity index (χ0v) is 39.7. The predicted octanol–water partition coefficient (Wildman–Crippen LogP) is 9.64. The number of likely N-dealkylation sites (tertiary alicyclic amines) is 1. The number of aromatic nitrogens is 7. The Bertz CT molecular complexity index is 3050. The number of halogens is 1. The Kier molecular flexibility index (Phi) is 11.1. The highest BCUT2D eigenvalue weighted by atomic mass is 19.1. The van der Waals surface area contributed by atoms with Crippen molar-refractivity contribution in [3.8, 4) is 22.9 Å². The molecule has 1 unspecified atom stereocenters. The van der Waals surface area contributed by atoms with Gasteiger partial charge in [-0.15, -0.1) is 0 Å². The van der Waals surface area contributed by atoms with E-state index < -0.39 is 5.60 Å². The first kappa shape index (κ1) is 43.9. The van der Waals surface area contributed by atoms with E-state index in [9.17, 15) is 4.79 Å². The molecule has 3 atom stereocenters. The number of ether oxygens (including phenoxy) is 5. The van der Waals surface area contributed by atoms with Crippen molar-refractivity contribution in [1.82, 2.24) is 39.0 Å². The van der Waals surface area contributed by atoms with E-state index in [1.165, 1.54) is 0 Å². The van der Waals surface area contributed by atoms with Gasteiger partial charge < -0.3 is 37.9 Å². The first-order valence-corrected chi connectivity index (χ1v) is 24.7. The van der Waals surface area contributed by atoms with E-state index in [2.05, 4.69) is 40.2 Å². The molecule has 1 saturated carbocycles. The molecule has 0 spiro atoms. The fourth-order valence-electron chi connectivity index (χ4n) is 10.8. The van der Waals surface area contributed by atoms with Gasteiger partial charge in [-0.1, -0.05) is 24.3 Å². The van der Waals surface area contributed by atoms with Gasteiger partial charge in [-0.05, 0) is 100 Å². The predicted molar refractivity (Wildman–Crippen MR) is 257 cm³/mol. The van der Waals surface area contributed by atoms with Crippen LogP contribution in [-0.4, -0.2) is 102 Å². The number of rotatable bonds is 11. The molecule has 0 N–H and O–H groups in total. The van der Waals surface area contributed by atoms with Crippen molar-refractivity contribution in [2.75, 3.05) is 37.8 Å². The largest absolute Gasteiger partial charge is 0.486 e. The van der Waals surface area contributed by atoms with Gasteiger partial charge in [0.05, 0.1) is 48.9 Å². The Morgan fingerprint density at radius 1 is 0.899 bits per heavy atom. The third-order valence-electron chi connectivity index (χ3n) is 14.4. The number of hydrogen-bond acceptors (Lipinski definition) is 12. The van der Waals surface area contributed by atoms with E-state index in [1.54, 1.807) is 18.5 Å². The molecule has 358 valence electrons. The van der Waals surface area contributed by atoms with Crippen LogP contribution in [0.5, 0.6) is 11.8 Å². The van der Waals surface area contributed by atoms with Crippen molar-refractivity contribution < 1.29 is 32.9 Å². The van der Waals surface area contributed by atoms with Gasteiger partial charge in [0, 0.05) is 85.5 Å². The lowest BCUT2D eigenvalue weighted by Gasteiger charge is -2.36. The lowest BCUT2D eigenvalue weighted by Crippen LogP contribution is -2.50. The van der Waals surface area contributed by atoms with Crippen molar-refractivity contribution in [2.45, 2.75) is 128 Å². The number of piperazine rings is 1. The number of carbonyl (C=O) groups is 1. The maximum Gasteiger partial charge on any atom is 0.410 e. The standard InChI is InChI=1S/C53H58FN9O6/c1-31-42(54)24-43-41(25-56-63(43)45-7-5-6-18-66-45)46(31)47-39(34-12-13-34)23-40-48(49(47)67-30-33-10-8-32(9-11-33)21-35-27-60-17-16-55-26-44(60)57-35)58-51(68-38-14-19-65-20-15-38)59-50(40)61-28-37-22-36(61)29-62(37)52(64)69-53(2,3)4/h8-11,16-17,23-27,34,36-38,45H,5-7,12-15,18-22,28-30H2,1-4H3/t36-,37-,45?/m0/s1. The SMILES string of the molecule is Cc1c(F)cc2c(cnn2C2CCCCO2)c1-c1c(C2CC2)cc2c(N3C[C@@H]4C[C@H]3CN4C(=O)OC(C)(C)C)nc(OC3CCOCC3)nc2c1OCc1ccc(Cc2cn3ccncc3n2)cc1. The minimum Gasteiger partial charge on any atom is -0.486 e. The molecule has 2 bridgehead atoms. The minimum atomic E-state index is -0.602. The van der Waals surface area contributed by atoms with Crippen LogP contribution < -0.4 is 14.4 Å². The van der Waals surface area contributed by atoms with E-state index in [1.807, 2.05) is 60.3 Å². The summed E-state index contributed by atoms with van der Waals surface area (Å²) in [5.41, 5.74) is 7.64. The topological polar surface area (TPSA) is 143 Å². The summed E-state index contributed by atoms with van der Waals surface area (Å²) >= 11 is 0. The van der Waals surface area contributed by atoms with E-state index in [4.69, 9.17) is 43.7 Å². The average Bonchev–Trinajstić information content (AvgIpc) is 3.59. The first-order valence-electron chi connectivity index (χ1n) is 24.7. The molecule has 0 radical (unpaired) electrons. The normalized spacial score (nSPS) is 21.0. The third-order valence-corrected chi connectivity index (χ3v) is 14.4. The third kappa shape index (κ3) is 8.49. The van der Waals surface area contributed by atoms with Crippen molar-refractivity contribution in [1.29, 1.82) is 0 Å². The molecule has 15 nitrogen and oxygen atoms in total. The smallest absolute Gasteiger partial charge is 0.410 e. The molecule has 4 aliphatic heterocycles. The zero-order chi connectivity index (χ0) is 47.0. The zero-order valence-electron chi connectivity index (χ0n) is 39.7. The Morgan fingerprint density at radius 3 is 2.46 bits per heavy atom. The van der Waals surface area contributed by atoms with Gasteiger partial charge in [0.25, 0.3) is 0 Å². The van der Waals surface area contributed by atoms with Gasteiger partial charge in [-0.25, -0.2) is 18.9 Å². The summed E-state index contributed by atoms with van der Waals surface area (Å²) in [5, 5.41) is 6.56. The summed E-state index contributed by atoms with van der Waals surface area (Å²) in [7, 11) is 0. The van der Waals surface area contributed by atoms with Crippen LogP contribution >= 0.6 is 0 Å². The number of fused-ring (bicyclic) bond motifs is 5. The quantitative estimate of drug-likeness (QED) is 0.122. The number of imidazole rings is 1. The first-order chi connectivity index (χ1) is 33.5. The summed E-state index contributed by atoms with van der Waals surface area (Å²) in [5.74, 6) is 1.18. The Labute approximate surface area is 399 Å². The van der Waals surface area contributed by atoms with Gasteiger partial charge >= 0.3 is 12.1 Å². The highest BCUT2D eigenvalue weighted by molar-refractivity contribution is 6.06. The van der Waals surface area contributed by atoms with E-state index in [0.29, 0.717) is 74.5 Å². The van der Waals surface area contributed by atoms with Gasteiger partial charge in [-0.2, -0.15) is 15.1 Å². The van der Waals surface area contributed by atoms with E-state index >= 15 is 4.39 Å². The van der Waals surface area contributed by atoms with Crippen LogP contribution in [0.4, 0.5) is 15.0 Å². The van der Waals surface area contributed by atoms with Crippen molar-refractivity contribution in [3.05, 3.63) is 101 Å². The number of anilines is 1. The average molecular weight is 936 g/mol. The summed E-state index contributed by atoms with van der Waals surface area (Å²) in [6.45, 7) is 10.7. The lowest BCUT2D eigenvalue weighted by molar-refractivity contribution is -0.0366. The number of amides is 1. The number of hydrogen-bond donors (Lipinski definition) is 0. The second-order valence-electron chi connectivity index (χ2n) is 20.5. The monoisotopic (exact) mass is 935 g/mol. The van der Waals surface area contributed by atoms with Crippen LogP contribution in [0.1, 0.15) is 112 Å². The highest BCUT2D eigenvalue weighted by Crippen LogP contribution is 2.54. The Hall–Kier alpha value is -6.39. The van der Waals surface area contributed by atoms with Crippen LogP contribution in [0.3, 0.4) is 0 Å². The fourth-order valence-corrected chi connectivity index (χ4v) is 10.8. The summed E-state index contributed by atoms with van der Waals surface area (Å²) in [6.07, 6.45) is 16.3. The second kappa shape index (κ2) is 17.5. The number of benzene rings is 3. The van der Waals surface area contributed by atoms with Crippen LogP contribution in [0.2, 0.25) is 0 Å². The Balaban J connectivity index is 1.000. The highest BCUT2D eigenvalue weighted by Gasteiger charge is 2.48. The molecule has 16 heteroatoms. The van der Waals surface area contributed by atoms with Crippen LogP contribution in [-0.2, 0) is 27.2 Å². The van der Waals surface area contributed by atoms with Gasteiger partial charge in [0.15, 0.2) is 17.6 Å². The molecule has 1 amide bonds. The van der Waals surface area contributed by atoms with Gasteiger partial charge in [0.2, 0.25) is 0 Å². The molecule has 7 aromatic rings. The fraction of sp³-hybridized carbons (Fsp3) is 0.472. The molecule has 1 aliphatic carbocycles. The van der Waals surface area contributed by atoms with Crippen LogP contribution in [0, 0.1) is 12.7 Å². The maximum atomic E-state index is 16.7. The summed E-state index contributed by atoms with van der Waals surface area (Å²) in [4.78, 5) is 37.2. The van der Waals surface area contributed by atoms with Crippen molar-refractivity contribution in [3.63, 3.8) is 0 Å². The lowest BCUT2D eigenvalue weighted by atomic mass is 9.88. The van der Waals surface area contributed by atoms with Gasteiger partial charge in [0.1, 0.15) is 35.5 Å². The number of nitrogens with zero attached hydrogens (tertiary/aromatic N) is 9.